The van der Waals surface area contributed by atoms with Gasteiger partial charge in [-0.05, 0) is 62.7 Å². The fourth-order valence-corrected chi connectivity index (χ4v) is 3.73. The average molecular weight is 479 g/mol. The number of nitriles is 1. The molecule has 0 bridgehead atoms. The van der Waals surface area contributed by atoms with Crippen molar-refractivity contribution in [1.29, 1.82) is 5.26 Å². The number of carbonyl (C=O) groups excluding carboxylic acids is 1. The summed E-state index contributed by atoms with van der Waals surface area (Å²) in [5, 5.41) is 23.6. The molecule has 0 atom stereocenters. The number of nitrogens with one attached hydrogen (secondary N) is 1. The summed E-state index contributed by atoms with van der Waals surface area (Å²) in [5.41, 5.74) is 4.05. The Hall–Kier alpha value is -3.70. The van der Waals surface area contributed by atoms with E-state index < -0.39 is 10.8 Å². The van der Waals surface area contributed by atoms with Crippen LogP contribution in [0.3, 0.4) is 0 Å². The first-order valence-corrected chi connectivity index (χ1v) is 10.1. The Bertz CT molecular complexity index is 1270. The molecule has 0 aliphatic heterocycles. The highest BCUT2D eigenvalue weighted by Gasteiger charge is 2.17. The van der Waals surface area contributed by atoms with Crippen LogP contribution in [0.25, 0.3) is 11.8 Å². The number of carbonyl (C=O) groups is 1. The molecule has 156 valence electrons. The largest absolute Gasteiger partial charge is 0.321 e. The first-order chi connectivity index (χ1) is 14.7. The smallest absolute Gasteiger partial charge is 0.274 e. The average Bonchev–Trinajstić information content (AvgIpc) is 2.99. The number of hydrogen-bond donors (Lipinski definition) is 1. The van der Waals surface area contributed by atoms with Crippen LogP contribution in [0, 0.1) is 42.2 Å². The fourth-order valence-electron chi connectivity index (χ4n) is 3.33. The van der Waals surface area contributed by atoms with Gasteiger partial charge in [0.25, 0.3) is 11.6 Å². The van der Waals surface area contributed by atoms with Crippen LogP contribution in [0.1, 0.15) is 22.5 Å². The Morgan fingerprint density at radius 1 is 1.19 bits per heavy atom. The van der Waals surface area contributed by atoms with Crippen molar-refractivity contribution < 1.29 is 9.72 Å². The number of rotatable bonds is 5. The van der Waals surface area contributed by atoms with Gasteiger partial charge in [-0.3, -0.25) is 14.9 Å². The van der Waals surface area contributed by atoms with E-state index in [0.29, 0.717) is 22.5 Å². The summed E-state index contributed by atoms with van der Waals surface area (Å²) in [5.74, 6) is -0.517. The second-order valence-corrected chi connectivity index (χ2v) is 7.94. The van der Waals surface area contributed by atoms with Crippen molar-refractivity contribution in [3.05, 3.63) is 91.2 Å². The lowest BCUT2D eigenvalue weighted by atomic mass is 10.1. The maximum absolute atomic E-state index is 12.6. The zero-order chi connectivity index (χ0) is 22.7. The SMILES string of the molecule is Cc1ccc(-n2c(C)cc(/C=C(/C#N)C(=O)Nc3cccc(Br)c3)c2C)cc1[N+](=O)[O-]. The first kappa shape index (κ1) is 22.0. The molecule has 1 aromatic heterocycles. The number of hydrogen-bond acceptors (Lipinski definition) is 4. The van der Waals surface area contributed by atoms with Crippen LogP contribution in [0.2, 0.25) is 0 Å². The molecule has 8 heteroatoms. The summed E-state index contributed by atoms with van der Waals surface area (Å²) in [7, 11) is 0. The maximum atomic E-state index is 12.6. The quantitative estimate of drug-likeness (QED) is 0.222. The fraction of sp³-hybridized carbons (Fsp3) is 0.130. The van der Waals surface area contributed by atoms with E-state index >= 15 is 0 Å². The third-order valence-electron chi connectivity index (χ3n) is 4.87. The standard InChI is InChI=1S/C23H19BrN4O3/c1-14-7-8-21(12-22(14)28(30)31)27-15(2)9-17(16(27)3)10-18(13-25)23(29)26-20-6-4-5-19(24)11-20/h4-12H,1-3H3,(H,26,29)/b18-10-. The van der Waals surface area contributed by atoms with E-state index in [-0.39, 0.29) is 11.3 Å². The van der Waals surface area contributed by atoms with Gasteiger partial charge >= 0.3 is 0 Å². The van der Waals surface area contributed by atoms with E-state index in [1.165, 1.54) is 12.1 Å². The van der Waals surface area contributed by atoms with Gasteiger partial charge in [0, 0.05) is 33.2 Å². The molecule has 0 radical (unpaired) electrons. The predicted molar refractivity (Wildman–Crippen MR) is 123 cm³/mol. The lowest BCUT2D eigenvalue weighted by molar-refractivity contribution is -0.385. The van der Waals surface area contributed by atoms with Gasteiger partial charge in [-0.15, -0.1) is 0 Å². The van der Waals surface area contributed by atoms with Gasteiger partial charge in [0.1, 0.15) is 11.6 Å². The number of aromatic nitrogens is 1. The number of amides is 1. The summed E-state index contributed by atoms with van der Waals surface area (Å²) in [6, 6.07) is 15.9. The zero-order valence-corrected chi connectivity index (χ0v) is 18.7. The summed E-state index contributed by atoms with van der Waals surface area (Å²) in [4.78, 5) is 23.5. The molecule has 7 nitrogen and oxygen atoms in total. The number of nitrogens with zero attached hydrogens (tertiary/aromatic N) is 3. The van der Waals surface area contributed by atoms with Gasteiger partial charge < -0.3 is 9.88 Å². The van der Waals surface area contributed by atoms with Crippen molar-refractivity contribution in [1.82, 2.24) is 4.57 Å². The second-order valence-electron chi connectivity index (χ2n) is 7.02. The summed E-state index contributed by atoms with van der Waals surface area (Å²) >= 11 is 3.34. The Kier molecular flexibility index (Phi) is 6.37. The van der Waals surface area contributed by atoms with Gasteiger partial charge in [0.2, 0.25) is 0 Å². The molecule has 1 N–H and O–H groups in total. The topological polar surface area (TPSA) is 101 Å². The van der Waals surface area contributed by atoms with E-state index in [4.69, 9.17) is 0 Å². The number of aryl methyl sites for hydroxylation is 2. The Morgan fingerprint density at radius 3 is 2.58 bits per heavy atom. The highest BCUT2D eigenvalue weighted by Crippen LogP contribution is 2.27. The van der Waals surface area contributed by atoms with Gasteiger partial charge in [0.05, 0.1) is 10.6 Å². The van der Waals surface area contributed by atoms with Crippen LogP contribution in [-0.2, 0) is 4.79 Å². The Balaban J connectivity index is 1.98. The van der Waals surface area contributed by atoms with Gasteiger partial charge in [-0.25, -0.2) is 0 Å². The molecule has 3 aromatic rings. The van der Waals surface area contributed by atoms with Crippen LogP contribution < -0.4 is 5.32 Å². The second kappa shape index (κ2) is 8.98. The molecule has 0 fully saturated rings. The minimum absolute atomic E-state index is 0.0354. The van der Waals surface area contributed by atoms with Crippen molar-refractivity contribution in [2.45, 2.75) is 20.8 Å². The van der Waals surface area contributed by atoms with E-state index in [1.807, 2.05) is 36.6 Å². The molecule has 0 unspecified atom stereocenters. The lowest BCUT2D eigenvalue weighted by Gasteiger charge is -2.10. The normalized spacial score (nSPS) is 11.1. The van der Waals surface area contributed by atoms with Gasteiger partial charge in [-0.1, -0.05) is 28.1 Å². The molecule has 2 aromatic carbocycles. The molecule has 31 heavy (non-hydrogen) atoms. The monoisotopic (exact) mass is 478 g/mol. The number of benzene rings is 2. The number of nitro benzene ring substituents is 1. The highest BCUT2D eigenvalue weighted by molar-refractivity contribution is 9.10. The number of nitro groups is 1. The number of halogens is 1. The third kappa shape index (κ3) is 4.73. The van der Waals surface area contributed by atoms with E-state index in [2.05, 4.69) is 21.2 Å². The summed E-state index contributed by atoms with van der Waals surface area (Å²) in [6.07, 6.45) is 1.52. The molecule has 0 saturated carbocycles. The van der Waals surface area contributed by atoms with Gasteiger partial charge in [-0.2, -0.15) is 5.26 Å². The van der Waals surface area contributed by atoms with Crippen molar-refractivity contribution in [3.8, 4) is 11.8 Å². The molecule has 1 heterocycles. The van der Waals surface area contributed by atoms with E-state index in [0.717, 1.165) is 15.9 Å². The van der Waals surface area contributed by atoms with Crippen LogP contribution in [0.4, 0.5) is 11.4 Å². The molecule has 3 rings (SSSR count). The zero-order valence-electron chi connectivity index (χ0n) is 17.1. The first-order valence-electron chi connectivity index (χ1n) is 9.34. The van der Waals surface area contributed by atoms with Crippen molar-refractivity contribution >= 4 is 39.3 Å². The van der Waals surface area contributed by atoms with Crippen molar-refractivity contribution in [3.63, 3.8) is 0 Å². The minimum Gasteiger partial charge on any atom is -0.321 e. The van der Waals surface area contributed by atoms with Crippen molar-refractivity contribution in [2.75, 3.05) is 5.32 Å². The maximum Gasteiger partial charge on any atom is 0.274 e. The molecule has 0 saturated heterocycles. The number of anilines is 1. The molecule has 1 amide bonds. The van der Waals surface area contributed by atoms with Crippen LogP contribution in [-0.4, -0.2) is 15.4 Å². The van der Waals surface area contributed by atoms with E-state index in [9.17, 15) is 20.2 Å². The lowest BCUT2D eigenvalue weighted by Crippen LogP contribution is -2.13. The molecule has 0 spiro atoms. The highest BCUT2D eigenvalue weighted by atomic mass is 79.9. The Labute approximate surface area is 187 Å². The van der Waals surface area contributed by atoms with Crippen molar-refractivity contribution in [2.24, 2.45) is 0 Å². The van der Waals surface area contributed by atoms with Gasteiger partial charge in [0.15, 0.2) is 0 Å². The molecular weight excluding hydrogens is 460 g/mol. The molecular formula is C23H19BrN4O3. The third-order valence-corrected chi connectivity index (χ3v) is 5.36. The van der Waals surface area contributed by atoms with Crippen LogP contribution in [0.5, 0.6) is 0 Å². The van der Waals surface area contributed by atoms with Crippen LogP contribution in [0.15, 0.2) is 58.6 Å². The summed E-state index contributed by atoms with van der Waals surface area (Å²) in [6.45, 7) is 5.39. The van der Waals surface area contributed by atoms with E-state index in [1.54, 1.807) is 37.3 Å². The predicted octanol–water partition coefficient (Wildman–Crippen LogP) is 5.62. The summed E-state index contributed by atoms with van der Waals surface area (Å²) < 4.78 is 2.67. The van der Waals surface area contributed by atoms with Crippen LogP contribution >= 0.6 is 15.9 Å². The Morgan fingerprint density at radius 2 is 1.94 bits per heavy atom. The minimum atomic E-state index is -0.517. The molecule has 0 aliphatic rings. The molecule has 0 aliphatic carbocycles.